The zero-order valence-electron chi connectivity index (χ0n) is 13.4. The zero-order chi connectivity index (χ0) is 16.8. The van der Waals surface area contributed by atoms with Crippen LogP contribution in [-0.2, 0) is 6.42 Å². The second-order valence-electron chi connectivity index (χ2n) is 5.42. The molecule has 3 rings (SSSR count). The highest BCUT2D eigenvalue weighted by atomic mass is 16.5. The fraction of sp³-hybridized carbons (Fsp3) is 0.158. The molecular weight excluding hydrogens is 300 g/mol. The van der Waals surface area contributed by atoms with Crippen molar-refractivity contribution >= 4 is 22.4 Å². The maximum absolute atomic E-state index is 5.86. The number of nitrogens with one attached hydrogen (secondary N) is 1. The van der Waals surface area contributed by atoms with Gasteiger partial charge in [-0.15, -0.1) is 0 Å². The Bertz CT molecular complexity index is 848. The van der Waals surface area contributed by atoms with Crippen molar-refractivity contribution in [1.82, 2.24) is 9.97 Å². The molecule has 0 saturated carbocycles. The van der Waals surface area contributed by atoms with E-state index in [1.807, 2.05) is 36.4 Å². The van der Waals surface area contributed by atoms with Crippen molar-refractivity contribution in [2.24, 2.45) is 0 Å². The molecule has 24 heavy (non-hydrogen) atoms. The third-order valence-corrected chi connectivity index (χ3v) is 3.63. The first-order valence-electron chi connectivity index (χ1n) is 7.83. The van der Waals surface area contributed by atoms with Crippen LogP contribution in [0, 0.1) is 0 Å². The molecule has 0 atom stereocenters. The molecule has 0 spiro atoms. The minimum Gasteiger partial charge on any atom is -0.490 e. The van der Waals surface area contributed by atoms with Gasteiger partial charge in [-0.2, -0.15) is 0 Å². The quantitative estimate of drug-likeness (QED) is 0.515. The highest BCUT2D eigenvalue weighted by molar-refractivity contribution is 5.91. The van der Waals surface area contributed by atoms with Gasteiger partial charge in [-0.3, -0.25) is 0 Å². The van der Waals surface area contributed by atoms with Crippen LogP contribution in [0.2, 0.25) is 0 Å². The van der Waals surface area contributed by atoms with E-state index in [-0.39, 0.29) is 0 Å². The van der Waals surface area contributed by atoms with Gasteiger partial charge < -0.3 is 15.8 Å². The van der Waals surface area contributed by atoms with Crippen LogP contribution in [0.5, 0.6) is 5.75 Å². The Kier molecular flexibility index (Phi) is 4.91. The van der Waals surface area contributed by atoms with Crippen molar-refractivity contribution in [3.05, 3.63) is 67.0 Å². The topological polar surface area (TPSA) is 73.1 Å². The lowest BCUT2D eigenvalue weighted by Crippen LogP contribution is -2.07. The van der Waals surface area contributed by atoms with Gasteiger partial charge in [0.2, 0.25) is 0 Å². The molecule has 0 aliphatic carbocycles. The van der Waals surface area contributed by atoms with Gasteiger partial charge in [-0.05, 0) is 42.3 Å². The Balaban J connectivity index is 1.66. The van der Waals surface area contributed by atoms with E-state index in [2.05, 4.69) is 27.9 Å². The Morgan fingerprint density at radius 3 is 2.96 bits per heavy atom. The summed E-state index contributed by atoms with van der Waals surface area (Å²) in [7, 11) is 0. The fourth-order valence-corrected chi connectivity index (χ4v) is 2.49. The maximum atomic E-state index is 5.86. The summed E-state index contributed by atoms with van der Waals surface area (Å²) in [6.07, 6.45) is 4.16. The Morgan fingerprint density at radius 2 is 2.08 bits per heavy atom. The second kappa shape index (κ2) is 7.46. The molecular formula is C19H20N4O. The summed E-state index contributed by atoms with van der Waals surface area (Å²) in [6, 6.07) is 13.7. The number of nitrogens with two attached hydrogens (primary N) is 1. The molecule has 0 fully saturated rings. The number of anilines is 2. The first kappa shape index (κ1) is 15.8. The third-order valence-electron chi connectivity index (χ3n) is 3.63. The van der Waals surface area contributed by atoms with E-state index in [0.717, 1.165) is 35.4 Å². The van der Waals surface area contributed by atoms with Crippen LogP contribution in [-0.4, -0.2) is 23.1 Å². The monoisotopic (exact) mass is 320 g/mol. The summed E-state index contributed by atoms with van der Waals surface area (Å²) >= 11 is 0. The largest absolute Gasteiger partial charge is 0.490 e. The van der Waals surface area contributed by atoms with Crippen LogP contribution >= 0.6 is 0 Å². The number of hydrogen-bond donors (Lipinski definition) is 2. The van der Waals surface area contributed by atoms with Crippen molar-refractivity contribution in [3.63, 3.8) is 0 Å². The van der Waals surface area contributed by atoms with Crippen LogP contribution in [0.25, 0.3) is 10.9 Å². The molecule has 1 heterocycles. The second-order valence-corrected chi connectivity index (χ2v) is 5.42. The number of benzene rings is 2. The standard InChI is InChI=1S/C19H20N4O/c1-2-10-24-16-5-3-4-14(11-16)8-9-21-19-17-12-15(20)6-7-18(17)22-13-23-19/h2-7,11-13H,1,8-10,20H2,(H,21,22,23). The molecule has 5 heteroatoms. The predicted molar refractivity (Wildman–Crippen MR) is 98.3 cm³/mol. The smallest absolute Gasteiger partial charge is 0.137 e. The molecule has 3 aromatic rings. The van der Waals surface area contributed by atoms with E-state index in [9.17, 15) is 0 Å². The van der Waals surface area contributed by atoms with Crippen molar-refractivity contribution in [2.75, 3.05) is 24.2 Å². The minimum absolute atomic E-state index is 0.510. The number of rotatable bonds is 7. The summed E-state index contributed by atoms with van der Waals surface area (Å²) in [5, 5.41) is 4.29. The molecule has 3 N–H and O–H groups in total. The van der Waals surface area contributed by atoms with E-state index in [0.29, 0.717) is 12.3 Å². The minimum atomic E-state index is 0.510. The van der Waals surface area contributed by atoms with Crippen LogP contribution in [0.15, 0.2) is 61.4 Å². The number of fused-ring (bicyclic) bond motifs is 1. The summed E-state index contributed by atoms with van der Waals surface area (Å²) in [4.78, 5) is 8.58. The highest BCUT2D eigenvalue weighted by Crippen LogP contribution is 2.21. The Hall–Kier alpha value is -3.08. The van der Waals surface area contributed by atoms with E-state index >= 15 is 0 Å². The van der Waals surface area contributed by atoms with Gasteiger partial charge in [0, 0.05) is 17.6 Å². The van der Waals surface area contributed by atoms with Crippen LogP contribution in [0.1, 0.15) is 5.56 Å². The van der Waals surface area contributed by atoms with Gasteiger partial charge in [0.05, 0.1) is 5.52 Å². The molecule has 0 bridgehead atoms. The van der Waals surface area contributed by atoms with Gasteiger partial charge in [0.15, 0.2) is 0 Å². The average molecular weight is 320 g/mol. The zero-order valence-corrected chi connectivity index (χ0v) is 13.4. The number of aromatic nitrogens is 2. The van der Waals surface area contributed by atoms with E-state index < -0.39 is 0 Å². The lowest BCUT2D eigenvalue weighted by Gasteiger charge is -2.10. The number of hydrogen-bond acceptors (Lipinski definition) is 5. The van der Waals surface area contributed by atoms with Gasteiger partial charge in [-0.1, -0.05) is 24.8 Å². The predicted octanol–water partition coefficient (Wildman–Crippen LogP) is 3.43. The first-order chi connectivity index (χ1) is 11.8. The number of nitrogen functional groups attached to an aromatic ring is 1. The van der Waals surface area contributed by atoms with Gasteiger partial charge in [-0.25, -0.2) is 9.97 Å². The molecule has 0 aliphatic rings. The molecule has 2 aromatic carbocycles. The molecule has 0 aliphatic heterocycles. The molecule has 0 unspecified atom stereocenters. The SMILES string of the molecule is C=CCOc1cccc(CCNc2ncnc3ccc(N)cc23)c1. The van der Waals surface area contributed by atoms with Crippen molar-refractivity contribution in [1.29, 1.82) is 0 Å². The summed E-state index contributed by atoms with van der Waals surface area (Å²) < 4.78 is 5.56. The van der Waals surface area contributed by atoms with Crippen LogP contribution in [0.3, 0.4) is 0 Å². The lowest BCUT2D eigenvalue weighted by atomic mass is 10.1. The molecule has 0 amide bonds. The molecule has 5 nitrogen and oxygen atoms in total. The van der Waals surface area contributed by atoms with Gasteiger partial charge in [0.1, 0.15) is 24.5 Å². The maximum Gasteiger partial charge on any atom is 0.137 e. The fourth-order valence-electron chi connectivity index (χ4n) is 2.49. The first-order valence-corrected chi connectivity index (χ1v) is 7.83. The van der Waals surface area contributed by atoms with E-state index in [1.54, 1.807) is 12.4 Å². The molecule has 1 aromatic heterocycles. The number of nitrogens with zero attached hydrogens (tertiary/aromatic N) is 2. The Labute approximate surface area is 141 Å². The summed E-state index contributed by atoms with van der Waals surface area (Å²) in [5.41, 5.74) is 8.64. The molecule has 0 saturated heterocycles. The van der Waals surface area contributed by atoms with Crippen molar-refractivity contribution in [2.45, 2.75) is 6.42 Å². The molecule has 122 valence electrons. The third kappa shape index (κ3) is 3.81. The van der Waals surface area contributed by atoms with E-state index in [4.69, 9.17) is 10.5 Å². The van der Waals surface area contributed by atoms with Crippen LogP contribution in [0.4, 0.5) is 11.5 Å². The van der Waals surface area contributed by atoms with Gasteiger partial charge >= 0.3 is 0 Å². The van der Waals surface area contributed by atoms with Crippen LogP contribution < -0.4 is 15.8 Å². The normalized spacial score (nSPS) is 10.5. The average Bonchev–Trinajstić information content (AvgIpc) is 2.61. The Morgan fingerprint density at radius 1 is 1.17 bits per heavy atom. The summed E-state index contributed by atoms with van der Waals surface area (Å²) in [5.74, 6) is 1.65. The molecule has 0 radical (unpaired) electrons. The highest BCUT2D eigenvalue weighted by Gasteiger charge is 2.04. The lowest BCUT2D eigenvalue weighted by molar-refractivity contribution is 0.363. The van der Waals surface area contributed by atoms with Gasteiger partial charge in [0.25, 0.3) is 0 Å². The number of ether oxygens (including phenoxy) is 1. The van der Waals surface area contributed by atoms with Crippen molar-refractivity contribution < 1.29 is 4.74 Å². The summed E-state index contributed by atoms with van der Waals surface area (Å²) in [6.45, 7) is 4.92. The van der Waals surface area contributed by atoms with Crippen molar-refractivity contribution in [3.8, 4) is 5.75 Å². The van der Waals surface area contributed by atoms with E-state index in [1.165, 1.54) is 5.56 Å².